The van der Waals surface area contributed by atoms with E-state index in [1.807, 2.05) is 19.1 Å². The lowest BCUT2D eigenvalue weighted by Gasteiger charge is -2.45. The Hall–Kier alpha value is -0.580. The summed E-state index contributed by atoms with van der Waals surface area (Å²) in [6.45, 7) is 1.96. The minimum Gasteiger partial charge on any atom is -0.352 e. The van der Waals surface area contributed by atoms with Crippen LogP contribution in [0.2, 0.25) is 4.34 Å². The van der Waals surface area contributed by atoms with E-state index in [1.165, 1.54) is 30.6 Å². The van der Waals surface area contributed by atoms with Crippen molar-refractivity contribution >= 4 is 28.8 Å². The molecule has 3 atom stereocenters. The summed E-state index contributed by atoms with van der Waals surface area (Å²) >= 11 is 7.46. The van der Waals surface area contributed by atoms with E-state index >= 15 is 0 Å². The lowest BCUT2D eigenvalue weighted by Crippen LogP contribution is -2.54. The number of amides is 1. The maximum Gasteiger partial charge on any atom is 0.228 e. The molecule has 3 N–H and O–H groups in total. The maximum absolute atomic E-state index is 12.6. The molecule has 2 bridgehead atoms. The van der Waals surface area contributed by atoms with Gasteiger partial charge in [0.25, 0.3) is 0 Å². The molecule has 0 aliphatic heterocycles. The van der Waals surface area contributed by atoms with Crippen molar-refractivity contribution in [3.63, 3.8) is 0 Å². The molecule has 0 saturated heterocycles. The molecule has 5 heteroatoms. The van der Waals surface area contributed by atoms with Crippen LogP contribution < -0.4 is 11.1 Å². The van der Waals surface area contributed by atoms with Gasteiger partial charge in [0.05, 0.1) is 10.3 Å². The number of hydrogen-bond donors (Lipinski definition) is 2. The summed E-state index contributed by atoms with van der Waals surface area (Å²) in [5, 5.41) is 3.32. The summed E-state index contributed by atoms with van der Waals surface area (Å²) in [5.74, 6) is 1.14. The zero-order valence-electron chi connectivity index (χ0n) is 12.3. The van der Waals surface area contributed by atoms with E-state index < -0.39 is 0 Å². The van der Waals surface area contributed by atoms with Gasteiger partial charge in [-0.1, -0.05) is 18.0 Å². The Labute approximate surface area is 135 Å². The number of thiophene rings is 1. The molecule has 2 aliphatic rings. The number of nitrogens with two attached hydrogens (primary N) is 1. The Balaban J connectivity index is 1.66. The molecule has 0 aromatic carbocycles. The van der Waals surface area contributed by atoms with Crippen molar-refractivity contribution in [2.45, 2.75) is 57.0 Å². The Bertz CT molecular complexity index is 504. The van der Waals surface area contributed by atoms with E-state index in [0.29, 0.717) is 23.9 Å². The summed E-state index contributed by atoms with van der Waals surface area (Å²) in [4.78, 5) is 13.6. The molecule has 21 heavy (non-hydrogen) atoms. The molecule has 0 radical (unpaired) electrons. The topological polar surface area (TPSA) is 55.1 Å². The number of nitrogens with one attached hydrogen (secondary N) is 1. The van der Waals surface area contributed by atoms with Crippen molar-refractivity contribution in [1.29, 1.82) is 0 Å². The van der Waals surface area contributed by atoms with Crippen LogP contribution in [0.5, 0.6) is 0 Å². The molecule has 2 saturated carbocycles. The number of carbonyl (C=O) groups is 1. The first-order valence-electron chi connectivity index (χ1n) is 7.85. The van der Waals surface area contributed by atoms with Crippen LogP contribution in [0.4, 0.5) is 0 Å². The molecule has 116 valence electrons. The summed E-state index contributed by atoms with van der Waals surface area (Å²) in [5.41, 5.74) is 6.15. The number of halogens is 1. The molecular formula is C16H23ClN2OS. The maximum atomic E-state index is 12.6. The number of carbonyl (C=O) groups excluding carboxylic acids is 1. The average molecular weight is 327 g/mol. The molecule has 1 heterocycles. The smallest absolute Gasteiger partial charge is 0.228 e. The summed E-state index contributed by atoms with van der Waals surface area (Å²) in [6.07, 6.45) is 5.80. The second kappa shape index (κ2) is 6.27. The van der Waals surface area contributed by atoms with Crippen LogP contribution in [0, 0.1) is 11.8 Å². The predicted molar refractivity (Wildman–Crippen MR) is 87.7 cm³/mol. The average Bonchev–Trinajstić information content (AvgIpc) is 2.85. The highest BCUT2D eigenvalue weighted by atomic mass is 35.5. The Morgan fingerprint density at radius 1 is 1.38 bits per heavy atom. The van der Waals surface area contributed by atoms with Gasteiger partial charge in [-0.3, -0.25) is 4.79 Å². The Morgan fingerprint density at radius 3 is 2.62 bits per heavy atom. The van der Waals surface area contributed by atoms with Crippen molar-refractivity contribution in [2.75, 3.05) is 0 Å². The van der Waals surface area contributed by atoms with Crippen LogP contribution in [-0.4, -0.2) is 18.0 Å². The van der Waals surface area contributed by atoms with Gasteiger partial charge in [0.15, 0.2) is 0 Å². The van der Waals surface area contributed by atoms with Crippen LogP contribution in [0.1, 0.15) is 49.8 Å². The van der Waals surface area contributed by atoms with Crippen LogP contribution in [0.15, 0.2) is 12.1 Å². The van der Waals surface area contributed by atoms with E-state index in [9.17, 15) is 4.79 Å². The van der Waals surface area contributed by atoms with E-state index in [-0.39, 0.29) is 11.8 Å². The Morgan fingerprint density at radius 2 is 2.05 bits per heavy atom. The normalized spacial score (nSPS) is 33.5. The first-order valence-corrected chi connectivity index (χ1v) is 9.05. The minimum absolute atomic E-state index is 0.126. The quantitative estimate of drug-likeness (QED) is 0.892. The Kier molecular flexibility index (Phi) is 4.57. The van der Waals surface area contributed by atoms with E-state index in [1.54, 1.807) is 0 Å². The largest absolute Gasteiger partial charge is 0.352 e. The van der Waals surface area contributed by atoms with E-state index in [0.717, 1.165) is 22.1 Å². The van der Waals surface area contributed by atoms with Gasteiger partial charge in [-0.2, -0.15) is 0 Å². The van der Waals surface area contributed by atoms with Crippen LogP contribution in [0.3, 0.4) is 0 Å². The zero-order valence-corrected chi connectivity index (χ0v) is 13.9. The molecule has 3 unspecified atom stereocenters. The zero-order chi connectivity index (χ0) is 15.0. The minimum atomic E-state index is -0.126. The molecular weight excluding hydrogens is 304 g/mol. The van der Waals surface area contributed by atoms with Crippen molar-refractivity contribution in [3.05, 3.63) is 21.3 Å². The third-order valence-corrected chi connectivity index (χ3v) is 6.51. The lowest BCUT2D eigenvalue weighted by molar-refractivity contribution is -0.124. The lowest BCUT2D eigenvalue weighted by atomic mass is 9.67. The molecule has 1 amide bonds. The fraction of sp³-hybridized carbons (Fsp3) is 0.688. The van der Waals surface area contributed by atoms with Gasteiger partial charge in [0, 0.05) is 17.0 Å². The number of rotatable bonds is 3. The van der Waals surface area contributed by atoms with Gasteiger partial charge < -0.3 is 11.1 Å². The number of hydrogen-bond acceptors (Lipinski definition) is 3. The second-order valence-electron chi connectivity index (χ2n) is 6.58. The van der Waals surface area contributed by atoms with E-state index in [2.05, 4.69) is 5.32 Å². The van der Waals surface area contributed by atoms with Crippen molar-refractivity contribution in [3.8, 4) is 0 Å². The predicted octanol–water partition coefficient (Wildman–Crippen LogP) is 3.53. The standard InChI is InChI=1S/C16H23ClN2OS/c1-9(13-5-6-14(17)21-13)16(20)19-15-10-3-2-4-11(15)8-12(18)7-10/h5-6,9-12,15H,2-4,7-8,18H2,1H3,(H,19,20). The molecule has 1 aromatic heterocycles. The first-order chi connectivity index (χ1) is 10.0. The van der Waals surface area contributed by atoms with Crippen LogP contribution in [0.25, 0.3) is 0 Å². The van der Waals surface area contributed by atoms with Crippen molar-refractivity contribution < 1.29 is 4.79 Å². The molecule has 0 spiro atoms. The fourth-order valence-electron chi connectivity index (χ4n) is 4.00. The highest BCUT2D eigenvalue weighted by Crippen LogP contribution is 2.40. The molecule has 3 rings (SSSR count). The van der Waals surface area contributed by atoms with E-state index in [4.69, 9.17) is 17.3 Å². The van der Waals surface area contributed by atoms with Gasteiger partial charge in [0.2, 0.25) is 5.91 Å². The van der Waals surface area contributed by atoms with Crippen molar-refractivity contribution in [2.24, 2.45) is 17.6 Å². The summed E-state index contributed by atoms with van der Waals surface area (Å²) < 4.78 is 0.741. The third kappa shape index (κ3) is 3.27. The molecule has 3 nitrogen and oxygen atoms in total. The fourth-order valence-corrected chi connectivity index (χ4v) is 5.12. The van der Waals surface area contributed by atoms with Crippen molar-refractivity contribution in [1.82, 2.24) is 5.32 Å². The van der Waals surface area contributed by atoms with Gasteiger partial charge in [0.1, 0.15) is 0 Å². The second-order valence-corrected chi connectivity index (χ2v) is 8.33. The van der Waals surface area contributed by atoms with Gasteiger partial charge in [-0.05, 0) is 56.6 Å². The molecule has 1 aromatic rings. The summed E-state index contributed by atoms with van der Waals surface area (Å²) in [6, 6.07) is 4.46. The highest BCUT2D eigenvalue weighted by molar-refractivity contribution is 7.16. The molecule has 2 aliphatic carbocycles. The number of fused-ring (bicyclic) bond motifs is 2. The SMILES string of the molecule is CC(C(=O)NC1C2CCCC1CC(N)C2)c1ccc(Cl)s1. The van der Waals surface area contributed by atoms with Gasteiger partial charge in [-0.15, -0.1) is 11.3 Å². The first kappa shape index (κ1) is 15.3. The van der Waals surface area contributed by atoms with Crippen LogP contribution in [-0.2, 0) is 4.79 Å². The third-order valence-electron chi connectivity index (χ3n) is 5.10. The van der Waals surface area contributed by atoms with Crippen LogP contribution >= 0.6 is 22.9 Å². The van der Waals surface area contributed by atoms with Gasteiger partial charge >= 0.3 is 0 Å². The van der Waals surface area contributed by atoms with Gasteiger partial charge in [-0.25, -0.2) is 0 Å². The molecule has 2 fully saturated rings. The monoisotopic (exact) mass is 326 g/mol. The highest BCUT2D eigenvalue weighted by Gasteiger charge is 2.40. The summed E-state index contributed by atoms with van der Waals surface area (Å²) in [7, 11) is 0.